The average Bonchev–Trinajstić information content (AvgIpc) is 3.30. The molecule has 198 valence electrons. The summed E-state index contributed by atoms with van der Waals surface area (Å²) >= 11 is 0. The number of fused-ring (bicyclic) bond motifs is 7. The first-order chi connectivity index (χ1) is 19.9. The SMILES string of the molecule is [2H]C([2H])(c1cc(-c2c(C)ccc3c2oc2c3ccc3ccc4ccccc4c32)[n+](C)cc1C([2H])([2H])[Si](C)(C)C)C(C)(C)C. The zero-order valence-electron chi connectivity index (χ0n) is 28.3. The molecular formula is C36H40NOSi+. The van der Waals surface area contributed by atoms with E-state index in [-0.39, 0.29) is 0 Å². The molecule has 0 amide bonds. The van der Waals surface area contributed by atoms with Crippen LogP contribution >= 0.6 is 0 Å². The summed E-state index contributed by atoms with van der Waals surface area (Å²) in [4.78, 5) is 0. The molecule has 2 nitrogen and oxygen atoms in total. The van der Waals surface area contributed by atoms with Gasteiger partial charge in [0, 0.05) is 41.3 Å². The lowest BCUT2D eigenvalue weighted by Crippen LogP contribution is -2.35. The highest BCUT2D eigenvalue weighted by Gasteiger charge is 2.27. The molecule has 6 rings (SSSR count). The van der Waals surface area contributed by atoms with Crippen LogP contribution in [0.25, 0.3) is 54.7 Å². The predicted molar refractivity (Wildman–Crippen MR) is 170 cm³/mol. The number of furan rings is 1. The predicted octanol–water partition coefficient (Wildman–Crippen LogP) is 9.70. The van der Waals surface area contributed by atoms with Gasteiger partial charge in [0.25, 0.3) is 0 Å². The van der Waals surface area contributed by atoms with E-state index in [1.54, 1.807) is 0 Å². The van der Waals surface area contributed by atoms with Crippen LogP contribution in [0.5, 0.6) is 0 Å². The van der Waals surface area contributed by atoms with Crippen LogP contribution in [0.2, 0.25) is 19.6 Å². The summed E-state index contributed by atoms with van der Waals surface area (Å²) in [7, 11) is -0.475. The molecule has 2 heterocycles. The highest BCUT2D eigenvalue weighted by Crippen LogP contribution is 2.42. The second-order valence-electron chi connectivity index (χ2n) is 12.9. The molecule has 3 heteroatoms. The van der Waals surface area contributed by atoms with Crippen LogP contribution in [0.1, 0.15) is 42.9 Å². The molecule has 2 aromatic heterocycles. The quantitative estimate of drug-likeness (QED) is 0.125. The van der Waals surface area contributed by atoms with Crippen molar-refractivity contribution in [3.63, 3.8) is 0 Å². The van der Waals surface area contributed by atoms with Gasteiger partial charge in [-0.3, -0.25) is 0 Å². The molecule has 0 atom stereocenters. The molecule has 0 aliphatic carbocycles. The summed E-state index contributed by atoms with van der Waals surface area (Å²) in [6.07, 6.45) is 0.0411. The van der Waals surface area contributed by atoms with Crippen LogP contribution in [0, 0.1) is 12.3 Å². The van der Waals surface area contributed by atoms with Crippen LogP contribution in [0.4, 0.5) is 0 Å². The number of hydrogen-bond donors (Lipinski definition) is 0. The van der Waals surface area contributed by atoms with Crippen molar-refractivity contribution in [3.8, 4) is 11.3 Å². The Hall–Kier alpha value is -3.43. The van der Waals surface area contributed by atoms with E-state index in [1.165, 1.54) is 0 Å². The van der Waals surface area contributed by atoms with E-state index >= 15 is 0 Å². The Balaban J connectivity index is 1.73. The zero-order valence-corrected chi connectivity index (χ0v) is 25.3. The lowest BCUT2D eigenvalue weighted by atomic mass is 9.86. The molecule has 0 radical (unpaired) electrons. The molecule has 6 aromatic rings. The van der Waals surface area contributed by atoms with Gasteiger partial charge in [-0.1, -0.05) is 95.0 Å². The third-order valence-electron chi connectivity index (χ3n) is 7.27. The van der Waals surface area contributed by atoms with Crippen LogP contribution in [0.15, 0.2) is 77.3 Å². The largest absolute Gasteiger partial charge is 0.454 e. The van der Waals surface area contributed by atoms with Gasteiger partial charge in [-0.2, -0.15) is 0 Å². The lowest BCUT2D eigenvalue weighted by molar-refractivity contribution is -0.660. The topological polar surface area (TPSA) is 17.0 Å². The molecule has 0 fully saturated rings. The lowest BCUT2D eigenvalue weighted by Gasteiger charge is -2.23. The first-order valence-electron chi connectivity index (χ1n) is 15.8. The summed E-state index contributed by atoms with van der Waals surface area (Å²) in [5.74, 6) is -1.64. The van der Waals surface area contributed by atoms with Crippen molar-refractivity contribution in [2.45, 2.75) is 59.7 Å². The third-order valence-corrected chi connectivity index (χ3v) is 8.29. The highest BCUT2D eigenvalue weighted by atomic mass is 28.3. The second-order valence-corrected chi connectivity index (χ2v) is 17.7. The zero-order chi connectivity index (χ0) is 31.3. The van der Waals surface area contributed by atoms with Gasteiger partial charge in [0.1, 0.15) is 18.2 Å². The van der Waals surface area contributed by atoms with Crippen LogP contribution in [-0.4, -0.2) is 8.07 Å². The van der Waals surface area contributed by atoms with Crippen molar-refractivity contribution in [2.24, 2.45) is 12.5 Å². The fourth-order valence-corrected chi connectivity index (χ4v) is 6.72. The van der Waals surface area contributed by atoms with Crippen molar-refractivity contribution in [3.05, 3.63) is 89.6 Å². The molecule has 0 N–H and O–H groups in total. The Kier molecular flexibility index (Phi) is 4.97. The Bertz CT molecular complexity index is 2080. The van der Waals surface area contributed by atoms with Crippen molar-refractivity contribution >= 4 is 51.6 Å². The van der Waals surface area contributed by atoms with Crippen molar-refractivity contribution in [2.75, 3.05) is 0 Å². The van der Waals surface area contributed by atoms with Crippen LogP contribution < -0.4 is 4.57 Å². The highest BCUT2D eigenvalue weighted by molar-refractivity contribution is 6.75. The molecule has 0 bridgehead atoms. The standard InChI is InChI=1S/C36H40NOSi/c1-23-13-17-29-30-18-16-25-15-14-24-11-9-10-12-28(24)33(25)35(30)38-34(29)32(23)31-19-26(20-36(2,3)4)27(21-37(31)5)22-39(6,7)8/h9-19,21H,20,22H2,1-8H3/q+1/i20D2,22D2. The van der Waals surface area contributed by atoms with Gasteiger partial charge in [0.05, 0.1) is 5.56 Å². The van der Waals surface area contributed by atoms with Gasteiger partial charge in [-0.25, -0.2) is 4.57 Å². The van der Waals surface area contributed by atoms with E-state index < -0.39 is 25.9 Å². The Morgan fingerprint density at radius 1 is 0.821 bits per heavy atom. The maximum absolute atomic E-state index is 9.33. The molecular weight excluding hydrogens is 490 g/mol. The normalized spacial score (nSPS) is 15.1. The Labute approximate surface area is 238 Å². The Morgan fingerprint density at radius 2 is 1.49 bits per heavy atom. The summed E-state index contributed by atoms with van der Waals surface area (Å²) in [5, 5.41) is 6.56. The smallest absolute Gasteiger partial charge is 0.216 e. The van der Waals surface area contributed by atoms with Crippen LogP contribution in [-0.2, 0) is 19.4 Å². The summed E-state index contributed by atoms with van der Waals surface area (Å²) < 4.78 is 45.9. The van der Waals surface area contributed by atoms with E-state index in [9.17, 15) is 5.48 Å². The summed E-state index contributed by atoms with van der Waals surface area (Å²) in [5.41, 5.74) is 4.40. The number of hydrogen-bond acceptors (Lipinski definition) is 1. The summed E-state index contributed by atoms with van der Waals surface area (Å²) in [6.45, 7) is 13.7. The maximum Gasteiger partial charge on any atom is 0.216 e. The molecule has 0 spiro atoms. The van der Waals surface area contributed by atoms with Crippen molar-refractivity contribution < 1.29 is 14.5 Å². The number of benzene rings is 4. The van der Waals surface area contributed by atoms with Gasteiger partial charge in [-0.05, 0) is 58.1 Å². The molecule has 0 aliphatic heterocycles. The fraction of sp³-hybridized carbons (Fsp3) is 0.306. The number of aryl methyl sites for hydroxylation is 2. The molecule has 0 saturated heterocycles. The Morgan fingerprint density at radius 3 is 2.23 bits per heavy atom. The minimum atomic E-state index is -2.41. The van der Waals surface area contributed by atoms with Gasteiger partial charge in [-0.15, -0.1) is 0 Å². The number of rotatable bonds is 4. The fourth-order valence-electron chi connectivity index (χ4n) is 5.71. The minimum absolute atomic E-state index is 0.407. The van der Waals surface area contributed by atoms with Gasteiger partial charge in [0.2, 0.25) is 5.69 Å². The van der Waals surface area contributed by atoms with Gasteiger partial charge in [0.15, 0.2) is 6.20 Å². The first-order valence-corrected chi connectivity index (χ1v) is 17.3. The number of nitrogens with zero attached hydrogens (tertiary/aromatic N) is 1. The average molecular weight is 535 g/mol. The van der Waals surface area contributed by atoms with Gasteiger partial charge >= 0.3 is 0 Å². The number of aromatic nitrogens is 1. The minimum Gasteiger partial charge on any atom is -0.454 e. The van der Waals surface area contributed by atoms with Crippen LogP contribution in [0.3, 0.4) is 0 Å². The monoisotopic (exact) mass is 534 g/mol. The molecule has 0 unspecified atom stereocenters. The molecule has 4 aromatic carbocycles. The van der Waals surface area contributed by atoms with E-state index in [2.05, 4.69) is 67.6 Å². The van der Waals surface area contributed by atoms with Crippen molar-refractivity contribution in [1.29, 1.82) is 0 Å². The molecule has 0 aliphatic rings. The van der Waals surface area contributed by atoms with E-state index in [1.807, 2.05) is 64.3 Å². The van der Waals surface area contributed by atoms with E-state index in [0.717, 1.165) is 60.3 Å². The first kappa shape index (κ1) is 21.4. The van der Waals surface area contributed by atoms with Gasteiger partial charge < -0.3 is 4.42 Å². The second kappa shape index (κ2) is 9.06. The van der Waals surface area contributed by atoms with E-state index in [4.69, 9.17) is 4.42 Å². The summed E-state index contributed by atoms with van der Waals surface area (Å²) in [6, 6.07) is 23.1. The van der Waals surface area contributed by atoms with E-state index in [0.29, 0.717) is 11.1 Å². The third kappa shape index (κ3) is 4.67. The maximum atomic E-state index is 9.33. The number of pyridine rings is 1. The molecule has 39 heavy (non-hydrogen) atoms. The van der Waals surface area contributed by atoms with Crippen molar-refractivity contribution in [1.82, 2.24) is 0 Å². The molecule has 0 saturated carbocycles.